The van der Waals surface area contributed by atoms with Crippen molar-refractivity contribution in [1.29, 1.82) is 0 Å². The minimum atomic E-state index is -3.43. The fourth-order valence-electron chi connectivity index (χ4n) is 1.37. The number of nitrogens with two attached hydrogens (primary N) is 1. The molecule has 0 atom stereocenters. The highest BCUT2D eigenvalue weighted by Gasteiger charge is 2.16. The van der Waals surface area contributed by atoms with Gasteiger partial charge in [0.1, 0.15) is 12.2 Å². The van der Waals surface area contributed by atoms with E-state index in [4.69, 9.17) is 5.73 Å². The first kappa shape index (κ1) is 15.0. The lowest BCUT2D eigenvalue weighted by atomic mass is 10.4. The van der Waals surface area contributed by atoms with Crippen LogP contribution in [0.5, 0.6) is 0 Å². The Hall–Kier alpha value is -1.03. The van der Waals surface area contributed by atoms with Gasteiger partial charge in [0.15, 0.2) is 0 Å². The quantitative estimate of drug-likeness (QED) is 0.599. The molecule has 0 fully saturated rings. The monoisotopic (exact) mass is 276 g/mol. The van der Waals surface area contributed by atoms with E-state index in [0.717, 1.165) is 5.82 Å². The summed E-state index contributed by atoms with van der Waals surface area (Å²) in [7, 11) is -0.0835. The van der Waals surface area contributed by atoms with Crippen molar-refractivity contribution in [3.8, 4) is 0 Å². The van der Waals surface area contributed by atoms with E-state index in [-0.39, 0.29) is 0 Å². The van der Waals surface area contributed by atoms with Crippen LogP contribution in [0.2, 0.25) is 0 Å². The minimum Gasteiger partial charge on any atom is -0.330 e. The number of aromatic nitrogens is 3. The maximum atomic E-state index is 11.8. The van der Waals surface area contributed by atoms with E-state index in [2.05, 4.69) is 14.9 Å². The van der Waals surface area contributed by atoms with Gasteiger partial charge in [-0.2, -0.15) is 12.7 Å². The van der Waals surface area contributed by atoms with Crippen molar-refractivity contribution in [2.75, 3.05) is 26.7 Å². The van der Waals surface area contributed by atoms with Gasteiger partial charge in [0.05, 0.1) is 0 Å². The Bertz CT molecular complexity index is 457. The van der Waals surface area contributed by atoms with Gasteiger partial charge in [-0.05, 0) is 13.0 Å². The van der Waals surface area contributed by atoms with Gasteiger partial charge in [0.25, 0.3) is 10.2 Å². The highest BCUT2D eigenvalue weighted by molar-refractivity contribution is 7.87. The highest BCUT2D eigenvalue weighted by Crippen LogP contribution is 1.97. The van der Waals surface area contributed by atoms with Gasteiger partial charge in [-0.15, -0.1) is 10.2 Å². The molecule has 0 saturated carbocycles. The van der Waals surface area contributed by atoms with Crippen LogP contribution < -0.4 is 10.5 Å². The van der Waals surface area contributed by atoms with Crippen molar-refractivity contribution in [1.82, 2.24) is 23.8 Å². The Morgan fingerprint density at radius 2 is 2.28 bits per heavy atom. The molecule has 1 aromatic heterocycles. The van der Waals surface area contributed by atoms with Crippen LogP contribution in [0.3, 0.4) is 0 Å². The lowest BCUT2D eigenvalue weighted by Crippen LogP contribution is -2.40. The van der Waals surface area contributed by atoms with Crippen molar-refractivity contribution in [3.05, 3.63) is 12.2 Å². The molecule has 9 heteroatoms. The number of rotatable bonds is 8. The summed E-state index contributed by atoms with van der Waals surface area (Å²) in [4.78, 5) is 0. The fraction of sp³-hybridized carbons (Fsp3) is 0.778. The average molecular weight is 276 g/mol. The van der Waals surface area contributed by atoms with E-state index < -0.39 is 10.2 Å². The van der Waals surface area contributed by atoms with Crippen LogP contribution in [0.4, 0.5) is 0 Å². The smallest absolute Gasteiger partial charge is 0.279 e. The van der Waals surface area contributed by atoms with Gasteiger partial charge >= 0.3 is 0 Å². The van der Waals surface area contributed by atoms with E-state index in [0.29, 0.717) is 32.5 Å². The number of hydrogen-bond donors (Lipinski definition) is 2. The molecule has 3 N–H and O–H groups in total. The third-order valence-corrected chi connectivity index (χ3v) is 4.10. The van der Waals surface area contributed by atoms with Gasteiger partial charge < -0.3 is 10.3 Å². The molecule has 0 aromatic carbocycles. The normalized spacial score (nSPS) is 12.2. The number of nitrogens with one attached hydrogen (secondary N) is 1. The van der Waals surface area contributed by atoms with Crippen LogP contribution in [-0.2, 0) is 23.7 Å². The molecule has 1 aromatic rings. The van der Waals surface area contributed by atoms with E-state index in [9.17, 15) is 8.42 Å². The molecule has 1 heterocycles. The molecule has 0 saturated heterocycles. The fourth-order valence-corrected chi connectivity index (χ4v) is 2.32. The first-order valence-corrected chi connectivity index (χ1v) is 7.15. The summed E-state index contributed by atoms with van der Waals surface area (Å²) in [6.45, 7) is 1.18. The van der Waals surface area contributed by atoms with Crippen molar-refractivity contribution in [2.24, 2.45) is 12.8 Å². The Balaban J connectivity index is 2.40. The molecule has 104 valence electrons. The summed E-state index contributed by atoms with van der Waals surface area (Å²) < 4.78 is 29.1. The maximum Gasteiger partial charge on any atom is 0.279 e. The SMILES string of the molecule is CN(CCCN)S(=O)(=O)NCCc1nncn1C. The average Bonchev–Trinajstić information content (AvgIpc) is 2.72. The molecule has 0 bridgehead atoms. The Labute approximate surface area is 107 Å². The molecule has 1 rings (SSSR count). The number of hydrogen-bond acceptors (Lipinski definition) is 5. The molecular weight excluding hydrogens is 256 g/mol. The van der Waals surface area contributed by atoms with Gasteiger partial charge in [-0.1, -0.05) is 0 Å². The molecular formula is C9H20N6O2S. The van der Waals surface area contributed by atoms with Crippen molar-refractivity contribution in [3.63, 3.8) is 0 Å². The van der Waals surface area contributed by atoms with Gasteiger partial charge in [-0.3, -0.25) is 0 Å². The first-order valence-electron chi connectivity index (χ1n) is 5.71. The second-order valence-corrected chi connectivity index (χ2v) is 5.83. The van der Waals surface area contributed by atoms with Crippen molar-refractivity contribution in [2.45, 2.75) is 12.8 Å². The first-order chi connectivity index (χ1) is 8.47. The molecule has 0 aliphatic rings. The Morgan fingerprint density at radius 1 is 1.56 bits per heavy atom. The van der Waals surface area contributed by atoms with E-state index in [1.165, 1.54) is 11.4 Å². The zero-order chi connectivity index (χ0) is 13.6. The van der Waals surface area contributed by atoms with Crippen LogP contribution in [-0.4, -0.2) is 54.2 Å². The predicted molar refractivity (Wildman–Crippen MR) is 67.9 cm³/mol. The second kappa shape index (κ2) is 6.78. The number of nitrogens with zero attached hydrogens (tertiary/aromatic N) is 4. The lowest BCUT2D eigenvalue weighted by Gasteiger charge is -2.17. The lowest BCUT2D eigenvalue weighted by molar-refractivity contribution is 0.452. The van der Waals surface area contributed by atoms with Crippen LogP contribution >= 0.6 is 0 Å². The second-order valence-electron chi connectivity index (χ2n) is 3.97. The van der Waals surface area contributed by atoms with E-state index >= 15 is 0 Å². The zero-order valence-corrected chi connectivity index (χ0v) is 11.5. The predicted octanol–water partition coefficient (Wildman–Crippen LogP) is -1.53. The van der Waals surface area contributed by atoms with Crippen molar-refractivity contribution < 1.29 is 8.42 Å². The van der Waals surface area contributed by atoms with Crippen LogP contribution in [0.25, 0.3) is 0 Å². The molecule has 0 aliphatic carbocycles. The third kappa shape index (κ3) is 4.33. The Kier molecular flexibility index (Phi) is 5.66. The molecule has 0 spiro atoms. The Morgan fingerprint density at radius 3 is 2.83 bits per heavy atom. The topological polar surface area (TPSA) is 106 Å². The van der Waals surface area contributed by atoms with Crippen LogP contribution in [0.1, 0.15) is 12.2 Å². The van der Waals surface area contributed by atoms with Gasteiger partial charge in [0.2, 0.25) is 0 Å². The molecule has 0 aliphatic heterocycles. The summed E-state index contributed by atoms with van der Waals surface area (Å²) >= 11 is 0. The van der Waals surface area contributed by atoms with Crippen LogP contribution in [0.15, 0.2) is 6.33 Å². The molecule has 8 nitrogen and oxygen atoms in total. The number of aryl methyl sites for hydroxylation is 1. The molecule has 0 unspecified atom stereocenters. The third-order valence-electron chi connectivity index (χ3n) is 2.53. The highest BCUT2D eigenvalue weighted by atomic mass is 32.2. The standard InChI is InChI=1S/C9H20N6O2S/c1-14-8-11-13-9(14)4-6-12-18(16,17)15(2)7-3-5-10/h8,12H,3-7,10H2,1-2H3. The summed E-state index contributed by atoms with van der Waals surface area (Å²) in [5.41, 5.74) is 5.34. The summed E-state index contributed by atoms with van der Waals surface area (Å²) in [5, 5.41) is 7.60. The zero-order valence-electron chi connectivity index (χ0n) is 10.7. The van der Waals surface area contributed by atoms with E-state index in [1.807, 2.05) is 7.05 Å². The van der Waals surface area contributed by atoms with Gasteiger partial charge in [-0.25, -0.2) is 4.72 Å². The largest absolute Gasteiger partial charge is 0.330 e. The molecule has 0 radical (unpaired) electrons. The summed E-state index contributed by atoms with van der Waals surface area (Å²) in [6, 6.07) is 0. The summed E-state index contributed by atoms with van der Waals surface area (Å²) in [5.74, 6) is 0.738. The van der Waals surface area contributed by atoms with E-state index in [1.54, 1.807) is 10.9 Å². The maximum absolute atomic E-state index is 11.8. The van der Waals surface area contributed by atoms with Crippen molar-refractivity contribution >= 4 is 10.2 Å². The van der Waals surface area contributed by atoms with Gasteiger partial charge in [0, 0.05) is 33.6 Å². The van der Waals surface area contributed by atoms with Crippen LogP contribution in [0, 0.1) is 0 Å². The summed E-state index contributed by atoms with van der Waals surface area (Å²) in [6.07, 6.45) is 2.72. The minimum absolute atomic E-state index is 0.293. The molecule has 18 heavy (non-hydrogen) atoms. The molecule has 0 amide bonds.